The minimum atomic E-state index is -0.733. The van der Waals surface area contributed by atoms with Gasteiger partial charge in [-0.2, -0.15) is 0 Å². The molecular formula is C16H16F2N2O. The van der Waals surface area contributed by atoms with Crippen LogP contribution >= 0.6 is 0 Å². The summed E-state index contributed by atoms with van der Waals surface area (Å²) in [5, 5.41) is 0. The summed E-state index contributed by atoms with van der Waals surface area (Å²) < 4.78 is 26.1. The van der Waals surface area contributed by atoms with E-state index in [4.69, 9.17) is 0 Å². The van der Waals surface area contributed by atoms with Gasteiger partial charge in [0, 0.05) is 43.5 Å². The fraction of sp³-hybridized carbons (Fsp3) is 0.250. The Morgan fingerprint density at radius 1 is 1.14 bits per heavy atom. The molecule has 3 nitrogen and oxygen atoms in total. The summed E-state index contributed by atoms with van der Waals surface area (Å²) in [7, 11) is 1.89. The summed E-state index contributed by atoms with van der Waals surface area (Å²) in [4.78, 5) is 17.9. The van der Waals surface area contributed by atoms with E-state index in [1.807, 2.05) is 24.1 Å². The molecule has 1 heterocycles. The van der Waals surface area contributed by atoms with Crippen molar-refractivity contribution in [2.45, 2.75) is 13.0 Å². The highest BCUT2D eigenvalue weighted by molar-refractivity contribution is 5.96. The Hall–Kier alpha value is -2.14. The lowest BCUT2D eigenvalue weighted by Gasteiger charge is -2.16. The maximum absolute atomic E-state index is 13.1. The molecule has 1 aromatic heterocycles. The van der Waals surface area contributed by atoms with Crippen LogP contribution in [0.15, 0.2) is 42.7 Å². The topological polar surface area (TPSA) is 33.2 Å². The lowest BCUT2D eigenvalue weighted by molar-refractivity contribution is 0.0967. The SMILES string of the molecule is CN(CCC(=O)c1cc(F)cc(F)c1)Cc1ccncc1. The minimum Gasteiger partial charge on any atom is -0.302 e. The molecule has 21 heavy (non-hydrogen) atoms. The first kappa shape index (κ1) is 15.3. The number of rotatable bonds is 6. The van der Waals surface area contributed by atoms with Crippen molar-refractivity contribution >= 4 is 5.78 Å². The van der Waals surface area contributed by atoms with E-state index in [-0.39, 0.29) is 17.8 Å². The molecule has 0 atom stereocenters. The van der Waals surface area contributed by atoms with E-state index in [0.29, 0.717) is 13.1 Å². The number of halogens is 2. The lowest BCUT2D eigenvalue weighted by atomic mass is 10.1. The molecular weight excluding hydrogens is 274 g/mol. The van der Waals surface area contributed by atoms with Crippen molar-refractivity contribution in [2.75, 3.05) is 13.6 Å². The number of hydrogen-bond acceptors (Lipinski definition) is 3. The highest BCUT2D eigenvalue weighted by Crippen LogP contribution is 2.11. The van der Waals surface area contributed by atoms with Crippen molar-refractivity contribution < 1.29 is 13.6 Å². The van der Waals surface area contributed by atoms with Gasteiger partial charge in [0.05, 0.1) is 0 Å². The average Bonchev–Trinajstić information content (AvgIpc) is 2.45. The molecule has 0 radical (unpaired) electrons. The van der Waals surface area contributed by atoms with Gasteiger partial charge < -0.3 is 4.90 Å². The predicted molar refractivity (Wildman–Crippen MR) is 75.9 cm³/mol. The van der Waals surface area contributed by atoms with Gasteiger partial charge in [-0.25, -0.2) is 8.78 Å². The molecule has 0 bridgehead atoms. The van der Waals surface area contributed by atoms with Gasteiger partial charge in [0.2, 0.25) is 0 Å². The Bertz CT molecular complexity index is 597. The van der Waals surface area contributed by atoms with E-state index in [1.54, 1.807) is 12.4 Å². The Labute approximate surface area is 122 Å². The van der Waals surface area contributed by atoms with Crippen molar-refractivity contribution in [1.82, 2.24) is 9.88 Å². The third-order valence-electron chi connectivity index (χ3n) is 3.11. The number of pyridine rings is 1. The normalized spacial score (nSPS) is 10.9. The number of hydrogen-bond donors (Lipinski definition) is 0. The molecule has 0 amide bonds. The molecule has 1 aromatic carbocycles. The van der Waals surface area contributed by atoms with Crippen LogP contribution in [0.2, 0.25) is 0 Å². The summed E-state index contributed by atoms with van der Waals surface area (Å²) in [5.41, 5.74) is 1.17. The number of benzene rings is 1. The maximum Gasteiger partial charge on any atom is 0.164 e. The second-order valence-electron chi connectivity index (χ2n) is 4.92. The first-order chi connectivity index (χ1) is 10.0. The summed E-state index contributed by atoms with van der Waals surface area (Å²) in [6.07, 6.45) is 3.64. The zero-order valence-electron chi connectivity index (χ0n) is 11.7. The maximum atomic E-state index is 13.1. The second-order valence-corrected chi connectivity index (χ2v) is 4.92. The molecule has 110 valence electrons. The zero-order chi connectivity index (χ0) is 15.2. The van der Waals surface area contributed by atoms with Crippen LogP contribution < -0.4 is 0 Å². The van der Waals surface area contributed by atoms with E-state index in [2.05, 4.69) is 4.98 Å². The van der Waals surface area contributed by atoms with Crippen LogP contribution in [0.1, 0.15) is 22.3 Å². The third-order valence-corrected chi connectivity index (χ3v) is 3.11. The zero-order valence-corrected chi connectivity index (χ0v) is 11.7. The number of Topliss-reactive ketones (excluding diaryl/α,β-unsaturated/α-hetero) is 1. The number of aromatic nitrogens is 1. The van der Waals surface area contributed by atoms with Crippen LogP contribution in [0.5, 0.6) is 0 Å². The molecule has 0 N–H and O–H groups in total. The molecule has 0 aliphatic carbocycles. The molecule has 0 aliphatic rings. The van der Waals surface area contributed by atoms with E-state index < -0.39 is 11.6 Å². The number of carbonyl (C=O) groups is 1. The first-order valence-electron chi connectivity index (χ1n) is 6.61. The summed E-state index contributed by atoms with van der Waals surface area (Å²) in [6, 6.07) is 6.69. The molecule has 0 fully saturated rings. The molecule has 2 aromatic rings. The standard InChI is InChI=1S/C16H16F2N2O/c1-20(11-12-2-5-19-6-3-12)7-4-16(21)13-8-14(17)10-15(18)9-13/h2-3,5-6,8-10H,4,7,11H2,1H3. The Morgan fingerprint density at radius 3 is 2.38 bits per heavy atom. The van der Waals surface area contributed by atoms with E-state index >= 15 is 0 Å². The Balaban J connectivity index is 1.88. The predicted octanol–water partition coefficient (Wildman–Crippen LogP) is 3.06. The largest absolute Gasteiger partial charge is 0.302 e. The van der Waals surface area contributed by atoms with E-state index in [0.717, 1.165) is 23.8 Å². The van der Waals surface area contributed by atoms with Crippen LogP contribution in [-0.4, -0.2) is 29.3 Å². The highest BCUT2D eigenvalue weighted by Gasteiger charge is 2.10. The van der Waals surface area contributed by atoms with Gasteiger partial charge >= 0.3 is 0 Å². The smallest absolute Gasteiger partial charge is 0.164 e. The molecule has 5 heteroatoms. The van der Waals surface area contributed by atoms with Crippen molar-refractivity contribution in [3.8, 4) is 0 Å². The van der Waals surface area contributed by atoms with Gasteiger partial charge in [0.25, 0.3) is 0 Å². The van der Waals surface area contributed by atoms with E-state index in [9.17, 15) is 13.6 Å². The summed E-state index contributed by atoms with van der Waals surface area (Å²) in [6.45, 7) is 1.20. The molecule has 0 saturated heterocycles. The molecule has 0 aliphatic heterocycles. The fourth-order valence-electron chi connectivity index (χ4n) is 2.03. The number of carbonyl (C=O) groups excluding carboxylic acids is 1. The van der Waals surface area contributed by atoms with Crippen molar-refractivity contribution in [3.05, 3.63) is 65.5 Å². The monoisotopic (exact) mass is 290 g/mol. The number of ketones is 1. The van der Waals surface area contributed by atoms with Crippen molar-refractivity contribution in [2.24, 2.45) is 0 Å². The lowest BCUT2D eigenvalue weighted by Crippen LogP contribution is -2.21. The van der Waals surface area contributed by atoms with Crippen LogP contribution in [0.4, 0.5) is 8.78 Å². The van der Waals surface area contributed by atoms with Gasteiger partial charge in [-0.3, -0.25) is 9.78 Å². The van der Waals surface area contributed by atoms with E-state index in [1.165, 1.54) is 0 Å². The fourth-order valence-corrected chi connectivity index (χ4v) is 2.03. The average molecular weight is 290 g/mol. The highest BCUT2D eigenvalue weighted by atomic mass is 19.1. The van der Waals surface area contributed by atoms with Gasteiger partial charge in [-0.1, -0.05) is 0 Å². The second kappa shape index (κ2) is 7.04. The quantitative estimate of drug-likeness (QED) is 0.767. The van der Waals surface area contributed by atoms with Gasteiger partial charge in [-0.15, -0.1) is 0 Å². The number of nitrogens with zero attached hydrogens (tertiary/aromatic N) is 2. The van der Waals surface area contributed by atoms with Gasteiger partial charge in [-0.05, 0) is 36.9 Å². The molecule has 0 unspecified atom stereocenters. The van der Waals surface area contributed by atoms with Crippen LogP contribution in [0.3, 0.4) is 0 Å². The molecule has 0 saturated carbocycles. The van der Waals surface area contributed by atoms with Crippen LogP contribution in [-0.2, 0) is 6.54 Å². The molecule has 0 spiro atoms. The Kier molecular flexibility index (Phi) is 5.11. The van der Waals surface area contributed by atoms with Crippen LogP contribution in [0.25, 0.3) is 0 Å². The van der Waals surface area contributed by atoms with Crippen molar-refractivity contribution in [3.63, 3.8) is 0 Å². The first-order valence-corrected chi connectivity index (χ1v) is 6.61. The summed E-state index contributed by atoms with van der Waals surface area (Å²) in [5.74, 6) is -1.73. The van der Waals surface area contributed by atoms with Gasteiger partial charge in [0.1, 0.15) is 11.6 Å². The Morgan fingerprint density at radius 2 is 1.76 bits per heavy atom. The minimum absolute atomic E-state index is 0.0739. The van der Waals surface area contributed by atoms with Crippen LogP contribution in [0, 0.1) is 11.6 Å². The molecule has 2 rings (SSSR count). The van der Waals surface area contributed by atoms with Crippen molar-refractivity contribution in [1.29, 1.82) is 0 Å². The van der Waals surface area contributed by atoms with Gasteiger partial charge in [0.15, 0.2) is 5.78 Å². The third kappa shape index (κ3) is 4.72. The summed E-state index contributed by atoms with van der Waals surface area (Å²) >= 11 is 0.